The van der Waals surface area contributed by atoms with Gasteiger partial charge in [-0.1, -0.05) is 0 Å². The predicted octanol–water partition coefficient (Wildman–Crippen LogP) is 0.980. The Labute approximate surface area is 72.6 Å². The summed E-state index contributed by atoms with van der Waals surface area (Å²) in [5.74, 6) is 0.646. The van der Waals surface area contributed by atoms with E-state index in [-0.39, 0.29) is 6.04 Å². The molecule has 0 saturated carbocycles. The number of pyridine rings is 1. The first kappa shape index (κ1) is 9.00. The van der Waals surface area contributed by atoms with Crippen molar-refractivity contribution in [3.63, 3.8) is 0 Å². The van der Waals surface area contributed by atoms with Crippen molar-refractivity contribution in [2.24, 2.45) is 5.73 Å². The summed E-state index contributed by atoms with van der Waals surface area (Å²) in [5, 5.41) is 0. The fourth-order valence-corrected chi connectivity index (χ4v) is 1.06. The summed E-state index contributed by atoms with van der Waals surface area (Å²) in [6.45, 7) is 1.98. The summed E-state index contributed by atoms with van der Waals surface area (Å²) in [7, 11) is 1.61. The number of methoxy groups -OCH3 is 1. The van der Waals surface area contributed by atoms with Gasteiger partial charge in [0.05, 0.1) is 7.11 Å². The molecular formula is C9H14N2O. The zero-order valence-electron chi connectivity index (χ0n) is 7.45. The molecule has 0 saturated heterocycles. The molecule has 0 aliphatic carbocycles. The van der Waals surface area contributed by atoms with Crippen molar-refractivity contribution in [1.82, 2.24) is 4.98 Å². The molecule has 0 aromatic carbocycles. The van der Waals surface area contributed by atoms with Crippen molar-refractivity contribution in [2.45, 2.75) is 19.4 Å². The van der Waals surface area contributed by atoms with Gasteiger partial charge < -0.3 is 10.5 Å². The van der Waals surface area contributed by atoms with Gasteiger partial charge in [0.25, 0.3) is 0 Å². The van der Waals surface area contributed by atoms with E-state index in [1.165, 1.54) is 0 Å². The maximum absolute atomic E-state index is 5.65. The zero-order valence-corrected chi connectivity index (χ0v) is 7.45. The lowest BCUT2D eigenvalue weighted by molar-refractivity contribution is 0.397. The Kier molecular flexibility index (Phi) is 3.05. The molecule has 1 atom stereocenters. The maximum atomic E-state index is 5.65. The van der Waals surface area contributed by atoms with Crippen molar-refractivity contribution in [2.75, 3.05) is 7.11 Å². The molecule has 2 N–H and O–H groups in total. The highest BCUT2D eigenvalue weighted by molar-refractivity contribution is 5.20. The standard InChI is InChI=1S/C9H14N2O/c1-7(10)5-8-3-4-11-9(6-8)12-2/h3-4,6-7H,5,10H2,1-2H3/t7-/m0/s1. The molecular weight excluding hydrogens is 152 g/mol. The van der Waals surface area contributed by atoms with Gasteiger partial charge in [-0.2, -0.15) is 0 Å². The molecule has 1 aromatic rings. The number of hydrogen-bond acceptors (Lipinski definition) is 3. The average Bonchev–Trinajstić information content (AvgIpc) is 2.03. The van der Waals surface area contributed by atoms with Crippen LogP contribution in [0.4, 0.5) is 0 Å². The second-order valence-electron chi connectivity index (χ2n) is 2.89. The Bertz CT molecular complexity index is 248. The smallest absolute Gasteiger partial charge is 0.213 e. The lowest BCUT2D eigenvalue weighted by Gasteiger charge is -2.05. The summed E-state index contributed by atoms with van der Waals surface area (Å²) < 4.78 is 4.98. The number of ether oxygens (including phenoxy) is 1. The molecule has 0 aliphatic heterocycles. The second kappa shape index (κ2) is 4.07. The van der Waals surface area contributed by atoms with Gasteiger partial charge in [-0.25, -0.2) is 4.98 Å². The van der Waals surface area contributed by atoms with Crippen LogP contribution in [0.1, 0.15) is 12.5 Å². The SMILES string of the molecule is COc1cc(C[C@H](C)N)ccn1. The Morgan fingerprint density at radius 2 is 2.42 bits per heavy atom. The molecule has 0 radical (unpaired) electrons. The van der Waals surface area contributed by atoms with Gasteiger partial charge in [0.15, 0.2) is 0 Å². The Morgan fingerprint density at radius 1 is 1.67 bits per heavy atom. The minimum absolute atomic E-state index is 0.178. The first-order valence-electron chi connectivity index (χ1n) is 3.97. The monoisotopic (exact) mass is 166 g/mol. The van der Waals surface area contributed by atoms with Crippen LogP contribution in [0.15, 0.2) is 18.3 Å². The third-order valence-corrected chi connectivity index (χ3v) is 1.57. The second-order valence-corrected chi connectivity index (χ2v) is 2.89. The number of aromatic nitrogens is 1. The van der Waals surface area contributed by atoms with Crippen LogP contribution in [0, 0.1) is 0 Å². The van der Waals surface area contributed by atoms with Crippen LogP contribution in [0.3, 0.4) is 0 Å². The number of hydrogen-bond donors (Lipinski definition) is 1. The van der Waals surface area contributed by atoms with Crippen molar-refractivity contribution >= 4 is 0 Å². The van der Waals surface area contributed by atoms with Gasteiger partial charge in [-0.3, -0.25) is 0 Å². The summed E-state index contributed by atoms with van der Waals surface area (Å²) in [5.41, 5.74) is 6.82. The molecule has 1 rings (SSSR count). The average molecular weight is 166 g/mol. The van der Waals surface area contributed by atoms with Crippen molar-refractivity contribution < 1.29 is 4.74 Å². The third-order valence-electron chi connectivity index (χ3n) is 1.57. The zero-order chi connectivity index (χ0) is 8.97. The largest absolute Gasteiger partial charge is 0.481 e. The minimum atomic E-state index is 0.178. The third kappa shape index (κ3) is 2.51. The van der Waals surface area contributed by atoms with Gasteiger partial charge in [-0.05, 0) is 25.0 Å². The maximum Gasteiger partial charge on any atom is 0.213 e. The van der Waals surface area contributed by atoms with Crippen molar-refractivity contribution in [3.8, 4) is 5.88 Å². The van der Waals surface area contributed by atoms with E-state index in [0.29, 0.717) is 5.88 Å². The Hall–Kier alpha value is -1.09. The minimum Gasteiger partial charge on any atom is -0.481 e. The van der Waals surface area contributed by atoms with Crippen LogP contribution in [0.25, 0.3) is 0 Å². The fraction of sp³-hybridized carbons (Fsp3) is 0.444. The van der Waals surface area contributed by atoms with E-state index in [1.807, 2.05) is 19.1 Å². The van der Waals surface area contributed by atoms with Crippen LogP contribution in [0.2, 0.25) is 0 Å². The Balaban J connectivity index is 2.72. The van der Waals surface area contributed by atoms with Crippen LogP contribution >= 0.6 is 0 Å². The molecule has 0 fully saturated rings. The summed E-state index contributed by atoms with van der Waals surface area (Å²) in [4.78, 5) is 4.00. The number of nitrogens with two attached hydrogens (primary N) is 1. The van der Waals surface area contributed by atoms with Crippen LogP contribution in [-0.4, -0.2) is 18.1 Å². The number of rotatable bonds is 3. The van der Waals surface area contributed by atoms with Crippen molar-refractivity contribution in [3.05, 3.63) is 23.9 Å². The Morgan fingerprint density at radius 3 is 3.00 bits per heavy atom. The van der Waals surface area contributed by atoms with E-state index in [2.05, 4.69) is 4.98 Å². The van der Waals surface area contributed by atoms with Crippen LogP contribution < -0.4 is 10.5 Å². The molecule has 0 unspecified atom stereocenters. The van der Waals surface area contributed by atoms with Gasteiger partial charge in [-0.15, -0.1) is 0 Å². The van der Waals surface area contributed by atoms with Crippen LogP contribution in [0.5, 0.6) is 5.88 Å². The molecule has 0 spiro atoms. The normalized spacial score (nSPS) is 12.6. The molecule has 12 heavy (non-hydrogen) atoms. The molecule has 0 amide bonds. The van der Waals surface area contributed by atoms with E-state index in [0.717, 1.165) is 12.0 Å². The lowest BCUT2D eigenvalue weighted by atomic mass is 10.1. The molecule has 3 heteroatoms. The van der Waals surface area contributed by atoms with Gasteiger partial charge in [0.2, 0.25) is 5.88 Å². The molecule has 0 aliphatic rings. The van der Waals surface area contributed by atoms with E-state index < -0.39 is 0 Å². The van der Waals surface area contributed by atoms with E-state index in [1.54, 1.807) is 13.3 Å². The first-order valence-corrected chi connectivity index (χ1v) is 3.97. The highest BCUT2D eigenvalue weighted by Gasteiger charge is 1.99. The molecule has 1 heterocycles. The molecule has 0 bridgehead atoms. The highest BCUT2D eigenvalue weighted by atomic mass is 16.5. The first-order chi connectivity index (χ1) is 5.72. The van der Waals surface area contributed by atoms with Crippen LogP contribution in [-0.2, 0) is 6.42 Å². The topological polar surface area (TPSA) is 48.1 Å². The fourth-order valence-electron chi connectivity index (χ4n) is 1.06. The molecule has 66 valence electrons. The molecule has 3 nitrogen and oxygen atoms in total. The van der Waals surface area contributed by atoms with Gasteiger partial charge >= 0.3 is 0 Å². The summed E-state index contributed by atoms with van der Waals surface area (Å²) in [6, 6.07) is 4.03. The van der Waals surface area contributed by atoms with E-state index in [4.69, 9.17) is 10.5 Å². The summed E-state index contributed by atoms with van der Waals surface area (Å²) >= 11 is 0. The van der Waals surface area contributed by atoms with Crippen molar-refractivity contribution in [1.29, 1.82) is 0 Å². The van der Waals surface area contributed by atoms with Gasteiger partial charge in [0.1, 0.15) is 0 Å². The lowest BCUT2D eigenvalue weighted by Crippen LogP contribution is -2.17. The molecule has 1 aromatic heterocycles. The van der Waals surface area contributed by atoms with E-state index >= 15 is 0 Å². The van der Waals surface area contributed by atoms with Gasteiger partial charge in [0, 0.05) is 18.3 Å². The summed E-state index contributed by atoms with van der Waals surface area (Å²) in [6.07, 6.45) is 2.59. The quantitative estimate of drug-likeness (QED) is 0.728. The predicted molar refractivity (Wildman–Crippen MR) is 48.1 cm³/mol. The highest BCUT2D eigenvalue weighted by Crippen LogP contribution is 2.09. The van der Waals surface area contributed by atoms with E-state index in [9.17, 15) is 0 Å². The number of nitrogens with zero attached hydrogens (tertiary/aromatic N) is 1.